The molecular formula is C35H36F3N3O5. The molecule has 0 bridgehead atoms. The van der Waals surface area contributed by atoms with Crippen molar-refractivity contribution in [1.82, 2.24) is 9.88 Å². The Bertz CT molecular complexity index is 1760. The number of H-pyrrole nitrogens is 1. The maximum absolute atomic E-state index is 14.4. The molecule has 242 valence electrons. The van der Waals surface area contributed by atoms with Crippen LogP contribution in [0.4, 0.5) is 18.9 Å². The molecule has 46 heavy (non-hydrogen) atoms. The summed E-state index contributed by atoms with van der Waals surface area (Å²) in [5, 5.41) is 14.2. The van der Waals surface area contributed by atoms with Crippen molar-refractivity contribution < 1.29 is 37.3 Å². The first kappa shape index (κ1) is 31.5. The standard InChI is InChI=1S/C35H36F3N3O5/c1-45-24-12-14-30-21(19-24)9-11-23(39-30)5-2-3-6-28-27-8-4-7-26(31(27)40-32(28)34(43)44)25-13-10-22(20-29(25)35(36,37)38)33(42)41-15-17-46-18-16-41/h4,7-8,10,12-14,19-20,23,39-40H,2-3,5-6,9,11,15-18H2,1H3,(H,43,44). The van der Waals surface area contributed by atoms with Crippen LogP contribution in [0.5, 0.6) is 5.75 Å². The molecule has 0 spiro atoms. The summed E-state index contributed by atoms with van der Waals surface area (Å²) in [7, 11) is 1.65. The third-order valence-corrected chi connectivity index (χ3v) is 8.98. The van der Waals surface area contributed by atoms with Crippen LogP contribution in [-0.4, -0.2) is 66.3 Å². The van der Waals surface area contributed by atoms with E-state index in [1.165, 1.54) is 22.6 Å². The molecule has 4 aromatic rings. The molecule has 1 saturated heterocycles. The van der Waals surface area contributed by atoms with Crippen LogP contribution in [0.1, 0.15) is 63.2 Å². The summed E-state index contributed by atoms with van der Waals surface area (Å²) in [5.74, 6) is -0.817. The van der Waals surface area contributed by atoms with E-state index in [0.29, 0.717) is 55.2 Å². The monoisotopic (exact) mass is 635 g/mol. The van der Waals surface area contributed by atoms with Crippen LogP contribution in [0, 0.1) is 0 Å². The Morgan fingerprint density at radius 3 is 2.59 bits per heavy atom. The van der Waals surface area contributed by atoms with Gasteiger partial charge in [-0.05, 0) is 79.1 Å². The van der Waals surface area contributed by atoms with Crippen LogP contribution in [0.3, 0.4) is 0 Å². The van der Waals surface area contributed by atoms with E-state index in [0.717, 1.165) is 49.6 Å². The third-order valence-electron chi connectivity index (χ3n) is 8.98. The first-order chi connectivity index (χ1) is 22.1. The van der Waals surface area contributed by atoms with Crippen LogP contribution >= 0.6 is 0 Å². The number of aryl methyl sites for hydroxylation is 2. The number of amides is 1. The number of morpholine rings is 1. The molecule has 3 heterocycles. The van der Waals surface area contributed by atoms with E-state index in [2.05, 4.69) is 10.3 Å². The number of unbranched alkanes of at least 4 members (excludes halogenated alkanes) is 1. The van der Waals surface area contributed by atoms with E-state index >= 15 is 0 Å². The maximum atomic E-state index is 14.4. The number of rotatable bonds is 9. The van der Waals surface area contributed by atoms with Crippen molar-refractivity contribution in [1.29, 1.82) is 0 Å². The summed E-state index contributed by atoms with van der Waals surface area (Å²) in [4.78, 5) is 29.7. The molecule has 11 heteroatoms. The van der Waals surface area contributed by atoms with E-state index in [1.807, 2.05) is 18.2 Å². The molecule has 0 radical (unpaired) electrons. The molecule has 1 aromatic heterocycles. The van der Waals surface area contributed by atoms with Crippen molar-refractivity contribution in [2.24, 2.45) is 0 Å². The smallest absolute Gasteiger partial charge is 0.417 e. The number of aromatic carboxylic acids is 1. The van der Waals surface area contributed by atoms with Crippen LogP contribution in [0.15, 0.2) is 54.6 Å². The SMILES string of the molecule is COc1ccc2c(c1)CCC(CCCCc1c(C(=O)O)[nH]c3c(-c4ccc(C(=O)N5CCOCC5)cc4C(F)(F)F)cccc13)N2. The van der Waals surface area contributed by atoms with Crippen LogP contribution < -0.4 is 10.1 Å². The van der Waals surface area contributed by atoms with Gasteiger partial charge in [0, 0.05) is 41.3 Å². The molecule has 0 saturated carbocycles. The lowest BCUT2D eigenvalue weighted by Crippen LogP contribution is -2.40. The number of nitrogens with one attached hydrogen (secondary N) is 2. The summed E-state index contributed by atoms with van der Waals surface area (Å²) in [6, 6.07) is 14.8. The van der Waals surface area contributed by atoms with Crippen molar-refractivity contribution in [2.75, 3.05) is 38.7 Å². The van der Waals surface area contributed by atoms with Gasteiger partial charge < -0.3 is 29.8 Å². The van der Waals surface area contributed by atoms with Gasteiger partial charge in [-0.1, -0.05) is 30.7 Å². The van der Waals surface area contributed by atoms with Gasteiger partial charge in [-0.15, -0.1) is 0 Å². The number of para-hydroxylation sites is 1. The fourth-order valence-corrected chi connectivity index (χ4v) is 6.61. The van der Waals surface area contributed by atoms with Crippen molar-refractivity contribution >= 4 is 28.5 Å². The molecule has 8 nitrogen and oxygen atoms in total. The van der Waals surface area contributed by atoms with Crippen LogP contribution in [-0.2, 0) is 23.8 Å². The minimum atomic E-state index is -4.75. The lowest BCUT2D eigenvalue weighted by molar-refractivity contribution is -0.137. The highest BCUT2D eigenvalue weighted by Crippen LogP contribution is 2.41. The Labute approximate surface area is 264 Å². The number of carbonyl (C=O) groups is 2. The fraction of sp³-hybridized carbons (Fsp3) is 0.371. The van der Waals surface area contributed by atoms with E-state index in [-0.39, 0.29) is 22.4 Å². The predicted molar refractivity (Wildman–Crippen MR) is 169 cm³/mol. The summed E-state index contributed by atoms with van der Waals surface area (Å²) in [5.41, 5.74) is 2.31. The number of carboxylic acid groups (broad SMARTS) is 1. The van der Waals surface area contributed by atoms with E-state index < -0.39 is 23.6 Å². The number of alkyl halides is 3. The number of hydrogen-bond donors (Lipinski definition) is 3. The first-order valence-electron chi connectivity index (χ1n) is 15.5. The second-order valence-electron chi connectivity index (χ2n) is 11.8. The van der Waals surface area contributed by atoms with E-state index in [4.69, 9.17) is 9.47 Å². The van der Waals surface area contributed by atoms with Crippen molar-refractivity contribution in [3.63, 3.8) is 0 Å². The number of hydrogen-bond acceptors (Lipinski definition) is 5. The number of fused-ring (bicyclic) bond motifs is 2. The van der Waals surface area contributed by atoms with Crippen molar-refractivity contribution in [3.8, 4) is 16.9 Å². The van der Waals surface area contributed by atoms with Gasteiger partial charge in [-0.3, -0.25) is 4.79 Å². The minimum Gasteiger partial charge on any atom is -0.497 e. The highest BCUT2D eigenvalue weighted by atomic mass is 19.4. The zero-order chi connectivity index (χ0) is 32.4. The number of carboxylic acids is 1. The molecule has 1 fully saturated rings. The zero-order valence-electron chi connectivity index (χ0n) is 25.5. The van der Waals surface area contributed by atoms with E-state index in [1.54, 1.807) is 25.3 Å². The molecular weight excluding hydrogens is 599 g/mol. The summed E-state index contributed by atoms with van der Waals surface area (Å²) in [6.07, 6.45) is 0.124. The first-order valence-corrected chi connectivity index (χ1v) is 15.5. The average Bonchev–Trinajstić information content (AvgIpc) is 3.45. The average molecular weight is 636 g/mol. The Morgan fingerprint density at radius 2 is 1.85 bits per heavy atom. The lowest BCUT2D eigenvalue weighted by atomic mass is 9.93. The van der Waals surface area contributed by atoms with Crippen LogP contribution in [0.2, 0.25) is 0 Å². The largest absolute Gasteiger partial charge is 0.497 e. The Hall–Kier alpha value is -4.51. The van der Waals surface area contributed by atoms with Gasteiger partial charge in [0.05, 0.1) is 31.4 Å². The third kappa shape index (κ3) is 6.42. The number of methoxy groups -OCH3 is 1. The molecule has 1 amide bonds. The predicted octanol–water partition coefficient (Wildman–Crippen LogP) is 7.17. The summed E-state index contributed by atoms with van der Waals surface area (Å²) < 4.78 is 53.9. The molecule has 3 aromatic carbocycles. The van der Waals surface area contributed by atoms with E-state index in [9.17, 15) is 27.9 Å². The fourth-order valence-electron chi connectivity index (χ4n) is 6.61. The topological polar surface area (TPSA) is 104 Å². The van der Waals surface area contributed by atoms with Gasteiger partial charge >= 0.3 is 12.1 Å². The summed E-state index contributed by atoms with van der Waals surface area (Å²) >= 11 is 0. The maximum Gasteiger partial charge on any atom is 0.417 e. The minimum absolute atomic E-state index is 0.0196. The highest BCUT2D eigenvalue weighted by Gasteiger charge is 2.36. The second-order valence-corrected chi connectivity index (χ2v) is 11.8. The van der Waals surface area contributed by atoms with Crippen molar-refractivity contribution in [2.45, 2.75) is 50.7 Å². The molecule has 0 aliphatic carbocycles. The molecule has 2 aliphatic heterocycles. The molecule has 1 unspecified atom stereocenters. The molecule has 3 N–H and O–H groups in total. The van der Waals surface area contributed by atoms with Crippen molar-refractivity contribution in [3.05, 3.63) is 82.5 Å². The number of anilines is 1. The summed E-state index contributed by atoms with van der Waals surface area (Å²) in [6.45, 7) is 1.29. The van der Waals surface area contributed by atoms with Gasteiger partial charge in [-0.2, -0.15) is 13.2 Å². The molecule has 6 rings (SSSR count). The van der Waals surface area contributed by atoms with Crippen LogP contribution in [0.25, 0.3) is 22.0 Å². The zero-order valence-corrected chi connectivity index (χ0v) is 25.5. The van der Waals surface area contributed by atoms with Gasteiger partial charge in [0.1, 0.15) is 11.4 Å². The number of ether oxygens (including phenoxy) is 2. The number of aromatic nitrogens is 1. The van der Waals surface area contributed by atoms with Gasteiger partial charge in [-0.25, -0.2) is 4.79 Å². The number of aromatic amines is 1. The Kier molecular flexibility index (Phi) is 8.95. The number of benzene rings is 3. The van der Waals surface area contributed by atoms with Gasteiger partial charge in [0.25, 0.3) is 5.91 Å². The number of carbonyl (C=O) groups excluding carboxylic acids is 1. The number of nitrogens with zero attached hydrogens (tertiary/aromatic N) is 1. The Balaban J connectivity index is 1.23. The normalized spacial score (nSPS) is 16.6. The second kappa shape index (κ2) is 13.1. The molecule has 2 aliphatic rings. The molecule has 1 atom stereocenters. The van der Waals surface area contributed by atoms with Gasteiger partial charge in [0.2, 0.25) is 0 Å². The van der Waals surface area contributed by atoms with Gasteiger partial charge in [0.15, 0.2) is 0 Å². The Morgan fingerprint density at radius 1 is 1.04 bits per heavy atom. The lowest BCUT2D eigenvalue weighted by Gasteiger charge is -2.27. The highest BCUT2D eigenvalue weighted by molar-refractivity contribution is 6.04. The number of halogens is 3. The quantitative estimate of drug-likeness (QED) is 0.169.